The minimum absolute atomic E-state index is 0.0599. The maximum atomic E-state index is 12.5. The Kier molecular flexibility index (Phi) is 5.35. The number of carbonyl (C=O) groups excluding carboxylic acids is 1. The Bertz CT molecular complexity index is 1000. The highest BCUT2D eigenvalue weighted by molar-refractivity contribution is 6.31. The minimum atomic E-state index is -0.0599. The lowest BCUT2D eigenvalue weighted by molar-refractivity contribution is 0.0930. The van der Waals surface area contributed by atoms with Gasteiger partial charge in [-0.1, -0.05) is 17.7 Å². The summed E-state index contributed by atoms with van der Waals surface area (Å²) in [6, 6.07) is 15.2. The van der Waals surface area contributed by atoms with Crippen LogP contribution in [0.25, 0.3) is 10.8 Å². The van der Waals surface area contributed by atoms with Crippen LogP contribution in [0.3, 0.4) is 0 Å². The predicted octanol–water partition coefficient (Wildman–Crippen LogP) is 4.30. The summed E-state index contributed by atoms with van der Waals surface area (Å²) in [6.45, 7) is 1.69. The first kappa shape index (κ1) is 18.6. The van der Waals surface area contributed by atoms with E-state index in [4.69, 9.17) is 16.3 Å². The van der Waals surface area contributed by atoms with Crippen LogP contribution >= 0.6 is 11.6 Å². The number of carbonyl (C=O) groups is 1. The molecule has 28 heavy (non-hydrogen) atoms. The van der Waals surface area contributed by atoms with Crippen molar-refractivity contribution in [3.63, 3.8) is 0 Å². The Labute approximate surface area is 169 Å². The Morgan fingerprint density at radius 3 is 2.79 bits per heavy atom. The number of rotatable bonds is 4. The summed E-state index contributed by atoms with van der Waals surface area (Å²) >= 11 is 6.11. The summed E-state index contributed by atoms with van der Waals surface area (Å²) in [5.74, 6) is 1.60. The topological polar surface area (TPSA) is 54.5 Å². The molecular weight excluding hydrogens is 374 g/mol. The van der Waals surface area contributed by atoms with Gasteiger partial charge in [0.05, 0.1) is 7.11 Å². The van der Waals surface area contributed by atoms with Gasteiger partial charge in [-0.3, -0.25) is 4.79 Å². The van der Waals surface area contributed by atoms with Crippen molar-refractivity contribution >= 4 is 34.1 Å². The third-order valence-corrected chi connectivity index (χ3v) is 5.40. The van der Waals surface area contributed by atoms with Crippen LogP contribution in [0.1, 0.15) is 23.2 Å². The molecule has 144 valence electrons. The first-order valence-electron chi connectivity index (χ1n) is 9.38. The Hall–Kier alpha value is -2.79. The van der Waals surface area contributed by atoms with Gasteiger partial charge in [0.15, 0.2) is 0 Å². The van der Waals surface area contributed by atoms with E-state index in [0.29, 0.717) is 11.3 Å². The molecule has 1 fully saturated rings. The molecule has 0 atom stereocenters. The fraction of sp³-hybridized carbons (Fsp3) is 0.273. The number of nitrogens with one attached hydrogen (secondary N) is 1. The second kappa shape index (κ2) is 8.07. The average Bonchev–Trinajstić information content (AvgIpc) is 2.73. The van der Waals surface area contributed by atoms with Crippen LogP contribution in [-0.2, 0) is 0 Å². The number of benzene rings is 2. The molecule has 0 unspecified atom stereocenters. The van der Waals surface area contributed by atoms with Gasteiger partial charge in [0, 0.05) is 41.3 Å². The van der Waals surface area contributed by atoms with Gasteiger partial charge in [-0.05, 0) is 60.7 Å². The lowest BCUT2D eigenvalue weighted by Crippen LogP contribution is -2.45. The molecule has 0 saturated carbocycles. The van der Waals surface area contributed by atoms with E-state index in [-0.39, 0.29) is 11.9 Å². The van der Waals surface area contributed by atoms with Crippen molar-refractivity contribution in [1.29, 1.82) is 0 Å². The number of halogens is 1. The molecule has 1 aromatic heterocycles. The number of amides is 1. The van der Waals surface area contributed by atoms with E-state index < -0.39 is 0 Å². The molecule has 6 heteroatoms. The number of hydrogen-bond donors (Lipinski definition) is 1. The molecule has 2 aromatic carbocycles. The fourth-order valence-corrected chi connectivity index (χ4v) is 3.83. The van der Waals surface area contributed by atoms with Crippen LogP contribution in [0.2, 0.25) is 5.02 Å². The van der Waals surface area contributed by atoms with Crippen molar-refractivity contribution in [1.82, 2.24) is 10.3 Å². The highest BCUT2D eigenvalue weighted by atomic mass is 35.5. The van der Waals surface area contributed by atoms with E-state index >= 15 is 0 Å². The van der Waals surface area contributed by atoms with E-state index in [9.17, 15) is 4.79 Å². The molecule has 0 spiro atoms. The van der Waals surface area contributed by atoms with Crippen LogP contribution in [0.4, 0.5) is 5.82 Å². The number of hydrogen-bond acceptors (Lipinski definition) is 4. The molecule has 1 aliphatic heterocycles. The second-order valence-corrected chi connectivity index (χ2v) is 7.40. The fourth-order valence-electron chi connectivity index (χ4n) is 3.65. The first-order valence-corrected chi connectivity index (χ1v) is 9.76. The molecule has 1 amide bonds. The van der Waals surface area contributed by atoms with E-state index in [1.165, 1.54) is 0 Å². The number of fused-ring (bicyclic) bond motifs is 1. The molecule has 0 radical (unpaired) electrons. The molecule has 2 heterocycles. The zero-order chi connectivity index (χ0) is 19.5. The van der Waals surface area contributed by atoms with Crippen molar-refractivity contribution in [3.8, 4) is 5.75 Å². The molecular formula is C22H22ClN3O2. The van der Waals surface area contributed by atoms with Crippen LogP contribution in [0, 0.1) is 0 Å². The summed E-state index contributed by atoms with van der Waals surface area (Å²) in [4.78, 5) is 19.4. The van der Waals surface area contributed by atoms with E-state index in [2.05, 4.69) is 15.2 Å². The molecule has 1 aliphatic rings. The zero-order valence-electron chi connectivity index (χ0n) is 15.7. The van der Waals surface area contributed by atoms with Gasteiger partial charge in [0.2, 0.25) is 0 Å². The van der Waals surface area contributed by atoms with Crippen LogP contribution in [0.5, 0.6) is 5.75 Å². The normalized spacial score (nSPS) is 14.9. The lowest BCUT2D eigenvalue weighted by atomic mass is 10.0. The number of piperidine rings is 1. The highest BCUT2D eigenvalue weighted by Gasteiger charge is 2.23. The van der Waals surface area contributed by atoms with Crippen LogP contribution in [0.15, 0.2) is 54.7 Å². The SMILES string of the molecule is COc1cccc(C(=O)NC2CCN(c3nccc4cc(Cl)ccc34)CC2)c1. The molecule has 3 aromatic rings. The van der Waals surface area contributed by atoms with Gasteiger partial charge < -0.3 is 15.0 Å². The van der Waals surface area contributed by atoms with Gasteiger partial charge in [0.1, 0.15) is 11.6 Å². The number of nitrogens with zero attached hydrogens (tertiary/aromatic N) is 2. The van der Waals surface area contributed by atoms with Crippen molar-refractivity contribution in [2.24, 2.45) is 0 Å². The summed E-state index contributed by atoms with van der Waals surface area (Å²) in [6.07, 6.45) is 3.58. The van der Waals surface area contributed by atoms with Gasteiger partial charge in [0.25, 0.3) is 5.91 Å². The average molecular weight is 396 g/mol. The summed E-state index contributed by atoms with van der Waals surface area (Å²) in [5.41, 5.74) is 0.620. The van der Waals surface area contributed by atoms with Gasteiger partial charge in [-0.15, -0.1) is 0 Å². The maximum absolute atomic E-state index is 12.5. The molecule has 5 nitrogen and oxygen atoms in total. The van der Waals surface area contributed by atoms with Crippen molar-refractivity contribution < 1.29 is 9.53 Å². The number of ether oxygens (including phenoxy) is 1. The van der Waals surface area contributed by atoms with Gasteiger partial charge >= 0.3 is 0 Å². The van der Waals surface area contributed by atoms with Gasteiger partial charge in [-0.2, -0.15) is 0 Å². The molecule has 1 N–H and O–H groups in total. The largest absolute Gasteiger partial charge is 0.497 e. The van der Waals surface area contributed by atoms with E-state index in [1.54, 1.807) is 19.2 Å². The Morgan fingerprint density at radius 2 is 2.00 bits per heavy atom. The van der Waals surface area contributed by atoms with E-state index in [0.717, 1.165) is 47.5 Å². The third-order valence-electron chi connectivity index (χ3n) is 5.17. The summed E-state index contributed by atoms with van der Waals surface area (Å²) < 4.78 is 5.20. The number of anilines is 1. The first-order chi connectivity index (χ1) is 13.6. The lowest BCUT2D eigenvalue weighted by Gasteiger charge is -2.33. The Morgan fingerprint density at radius 1 is 1.18 bits per heavy atom. The smallest absolute Gasteiger partial charge is 0.251 e. The highest BCUT2D eigenvalue weighted by Crippen LogP contribution is 2.28. The van der Waals surface area contributed by atoms with Gasteiger partial charge in [-0.25, -0.2) is 4.98 Å². The Balaban J connectivity index is 1.42. The predicted molar refractivity (Wildman–Crippen MR) is 112 cm³/mol. The second-order valence-electron chi connectivity index (χ2n) is 6.97. The molecule has 0 aliphatic carbocycles. The molecule has 0 bridgehead atoms. The molecule has 1 saturated heterocycles. The van der Waals surface area contributed by atoms with Crippen molar-refractivity contribution in [2.45, 2.75) is 18.9 Å². The number of methoxy groups -OCH3 is 1. The maximum Gasteiger partial charge on any atom is 0.251 e. The number of pyridine rings is 1. The zero-order valence-corrected chi connectivity index (χ0v) is 16.4. The van der Waals surface area contributed by atoms with Crippen molar-refractivity contribution in [3.05, 3.63) is 65.3 Å². The summed E-state index contributed by atoms with van der Waals surface area (Å²) in [7, 11) is 1.60. The number of aromatic nitrogens is 1. The summed E-state index contributed by atoms with van der Waals surface area (Å²) in [5, 5.41) is 6.06. The van der Waals surface area contributed by atoms with Crippen LogP contribution < -0.4 is 15.0 Å². The molecule has 4 rings (SSSR count). The van der Waals surface area contributed by atoms with Crippen molar-refractivity contribution in [2.75, 3.05) is 25.1 Å². The standard InChI is InChI=1S/C22H22ClN3O2/c1-28-19-4-2-3-16(14-19)22(27)25-18-8-11-26(12-9-18)21-20-6-5-17(23)13-15(20)7-10-24-21/h2-7,10,13-14,18H,8-9,11-12H2,1H3,(H,25,27). The monoisotopic (exact) mass is 395 g/mol. The quantitative estimate of drug-likeness (QED) is 0.715. The minimum Gasteiger partial charge on any atom is -0.497 e. The van der Waals surface area contributed by atoms with E-state index in [1.807, 2.05) is 42.6 Å². The van der Waals surface area contributed by atoms with Crippen LogP contribution in [-0.4, -0.2) is 37.1 Å². The third kappa shape index (κ3) is 3.90.